The molecule has 0 bridgehead atoms. The second-order valence-corrected chi connectivity index (χ2v) is 4.38. The summed E-state index contributed by atoms with van der Waals surface area (Å²) < 4.78 is 0. The van der Waals surface area contributed by atoms with Crippen LogP contribution in [0.1, 0.15) is 21.6 Å². The molecule has 1 aromatic carbocycles. The molecular formula is C15H18N4O. The van der Waals surface area contributed by atoms with Crippen molar-refractivity contribution >= 4 is 11.6 Å². The number of hydrogen-bond donors (Lipinski definition) is 3. The fraction of sp³-hybridized carbons (Fsp3) is 0.200. The Labute approximate surface area is 118 Å². The predicted molar refractivity (Wildman–Crippen MR) is 79.3 cm³/mol. The molecule has 2 aromatic rings. The van der Waals surface area contributed by atoms with E-state index in [0.717, 1.165) is 16.8 Å². The van der Waals surface area contributed by atoms with Crippen molar-refractivity contribution in [3.63, 3.8) is 0 Å². The Morgan fingerprint density at radius 3 is 2.55 bits per heavy atom. The van der Waals surface area contributed by atoms with Crippen LogP contribution < -0.4 is 16.4 Å². The lowest BCUT2D eigenvalue weighted by molar-refractivity contribution is 0.0958. The molecule has 1 amide bonds. The number of hydrogen-bond acceptors (Lipinski definition) is 4. The third kappa shape index (κ3) is 3.55. The summed E-state index contributed by atoms with van der Waals surface area (Å²) >= 11 is 0. The molecule has 20 heavy (non-hydrogen) atoms. The van der Waals surface area contributed by atoms with E-state index in [4.69, 9.17) is 5.73 Å². The monoisotopic (exact) mass is 270 g/mol. The second kappa shape index (κ2) is 6.68. The fourth-order valence-electron chi connectivity index (χ4n) is 1.79. The molecule has 1 heterocycles. The fourth-order valence-corrected chi connectivity index (χ4v) is 1.79. The van der Waals surface area contributed by atoms with Crippen molar-refractivity contribution in [2.24, 2.45) is 5.73 Å². The quantitative estimate of drug-likeness (QED) is 0.769. The number of rotatable bonds is 5. The zero-order valence-corrected chi connectivity index (χ0v) is 11.4. The summed E-state index contributed by atoms with van der Waals surface area (Å²) in [7, 11) is 1.59. The third-order valence-corrected chi connectivity index (χ3v) is 2.97. The summed E-state index contributed by atoms with van der Waals surface area (Å²) in [5.41, 5.74) is 9.09. The number of nitrogens with two attached hydrogens (primary N) is 1. The first-order chi connectivity index (χ1) is 9.72. The highest BCUT2D eigenvalue weighted by molar-refractivity contribution is 5.92. The molecular weight excluding hydrogens is 252 g/mol. The summed E-state index contributed by atoms with van der Waals surface area (Å²) in [6.07, 6.45) is 1.62. The number of nitrogens with one attached hydrogen (secondary N) is 2. The second-order valence-electron chi connectivity index (χ2n) is 4.38. The van der Waals surface area contributed by atoms with Gasteiger partial charge in [0, 0.05) is 32.0 Å². The number of anilines is 1. The molecule has 0 radical (unpaired) electrons. The predicted octanol–water partition coefficient (Wildman–Crippen LogP) is 1.51. The average Bonchev–Trinajstić information content (AvgIpc) is 2.53. The van der Waals surface area contributed by atoms with Crippen LogP contribution in [0.5, 0.6) is 0 Å². The molecule has 0 atom stereocenters. The van der Waals surface area contributed by atoms with Crippen LogP contribution in [0.4, 0.5) is 5.69 Å². The molecule has 5 nitrogen and oxygen atoms in total. The third-order valence-electron chi connectivity index (χ3n) is 2.97. The van der Waals surface area contributed by atoms with Crippen LogP contribution >= 0.6 is 0 Å². The van der Waals surface area contributed by atoms with Crippen LogP contribution in [0.2, 0.25) is 0 Å². The molecule has 0 aliphatic rings. The lowest BCUT2D eigenvalue weighted by atomic mass is 10.1. The van der Waals surface area contributed by atoms with E-state index in [1.54, 1.807) is 19.3 Å². The first-order valence-corrected chi connectivity index (χ1v) is 6.43. The van der Waals surface area contributed by atoms with Crippen LogP contribution in [-0.4, -0.2) is 17.9 Å². The minimum absolute atomic E-state index is 0.194. The number of amides is 1. The van der Waals surface area contributed by atoms with Crippen molar-refractivity contribution in [2.45, 2.75) is 13.1 Å². The molecule has 0 fully saturated rings. The number of aromatic nitrogens is 1. The molecule has 5 heteroatoms. The normalized spacial score (nSPS) is 10.1. The summed E-state index contributed by atoms with van der Waals surface area (Å²) in [4.78, 5) is 15.5. The van der Waals surface area contributed by atoms with E-state index in [-0.39, 0.29) is 5.91 Å². The van der Waals surface area contributed by atoms with Gasteiger partial charge in [-0.05, 0) is 23.3 Å². The molecule has 2 rings (SSSR count). The highest BCUT2D eigenvalue weighted by Gasteiger charge is 2.05. The molecule has 0 saturated carbocycles. The molecule has 0 aliphatic carbocycles. The first kappa shape index (κ1) is 14.0. The van der Waals surface area contributed by atoms with E-state index >= 15 is 0 Å². The largest absolute Gasteiger partial charge is 0.381 e. The van der Waals surface area contributed by atoms with Gasteiger partial charge in [0.15, 0.2) is 0 Å². The Kier molecular flexibility index (Phi) is 4.68. The van der Waals surface area contributed by atoms with Gasteiger partial charge in [-0.2, -0.15) is 0 Å². The van der Waals surface area contributed by atoms with E-state index in [1.165, 1.54) is 0 Å². The van der Waals surface area contributed by atoms with Gasteiger partial charge in [0.1, 0.15) is 5.69 Å². The van der Waals surface area contributed by atoms with Gasteiger partial charge in [-0.15, -0.1) is 0 Å². The number of benzene rings is 1. The Balaban J connectivity index is 2.01. The van der Waals surface area contributed by atoms with Crippen molar-refractivity contribution in [1.29, 1.82) is 0 Å². The number of pyridine rings is 1. The van der Waals surface area contributed by atoms with Crippen LogP contribution in [0.3, 0.4) is 0 Å². The zero-order chi connectivity index (χ0) is 14.4. The van der Waals surface area contributed by atoms with Crippen LogP contribution in [0.15, 0.2) is 42.6 Å². The van der Waals surface area contributed by atoms with Crippen molar-refractivity contribution in [3.05, 3.63) is 59.4 Å². The van der Waals surface area contributed by atoms with E-state index in [9.17, 15) is 4.79 Å². The smallest absolute Gasteiger partial charge is 0.269 e. The summed E-state index contributed by atoms with van der Waals surface area (Å²) in [6, 6.07) is 11.7. The van der Waals surface area contributed by atoms with Gasteiger partial charge < -0.3 is 16.4 Å². The highest BCUT2D eigenvalue weighted by Crippen LogP contribution is 2.11. The van der Waals surface area contributed by atoms with E-state index in [1.807, 2.05) is 30.3 Å². The minimum atomic E-state index is -0.194. The van der Waals surface area contributed by atoms with Gasteiger partial charge >= 0.3 is 0 Å². The number of carbonyl (C=O) groups excluding carboxylic acids is 1. The first-order valence-electron chi connectivity index (χ1n) is 6.43. The Hall–Kier alpha value is -2.40. The average molecular weight is 270 g/mol. The van der Waals surface area contributed by atoms with Gasteiger partial charge in [0.25, 0.3) is 5.91 Å². The van der Waals surface area contributed by atoms with Crippen molar-refractivity contribution in [2.75, 3.05) is 12.4 Å². The van der Waals surface area contributed by atoms with E-state index < -0.39 is 0 Å². The molecule has 0 spiro atoms. The molecule has 0 aliphatic heterocycles. The number of carbonyl (C=O) groups is 1. The Bertz CT molecular complexity index is 581. The standard InChI is InChI=1S/C15H18N4O/c1-17-15(20)14-8-13(6-7-18-14)19-10-12-4-2-11(9-16)3-5-12/h2-8H,9-10,16H2,1H3,(H,17,20)(H,18,19). The van der Waals surface area contributed by atoms with Crippen molar-refractivity contribution < 1.29 is 4.79 Å². The van der Waals surface area contributed by atoms with Gasteiger partial charge in [-0.1, -0.05) is 24.3 Å². The van der Waals surface area contributed by atoms with Crippen molar-refractivity contribution in [1.82, 2.24) is 10.3 Å². The number of nitrogens with zero attached hydrogens (tertiary/aromatic N) is 1. The van der Waals surface area contributed by atoms with Crippen LogP contribution in [0.25, 0.3) is 0 Å². The maximum atomic E-state index is 11.5. The minimum Gasteiger partial charge on any atom is -0.381 e. The SMILES string of the molecule is CNC(=O)c1cc(NCc2ccc(CN)cc2)ccn1. The van der Waals surface area contributed by atoms with Gasteiger partial charge in [-0.3, -0.25) is 9.78 Å². The lowest BCUT2D eigenvalue weighted by Gasteiger charge is -2.08. The maximum Gasteiger partial charge on any atom is 0.269 e. The topological polar surface area (TPSA) is 80.0 Å². The molecule has 0 unspecified atom stereocenters. The highest BCUT2D eigenvalue weighted by atomic mass is 16.1. The molecule has 0 saturated heterocycles. The summed E-state index contributed by atoms with van der Waals surface area (Å²) in [5, 5.41) is 5.82. The van der Waals surface area contributed by atoms with Gasteiger partial charge in [0.2, 0.25) is 0 Å². The van der Waals surface area contributed by atoms with Crippen LogP contribution in [0, 0.1) is 0 Å². The molecule has 1 aromatic heterocycles. The molecule has 104 valence electrons. The van der Waals surface area contributed by atoms with Gasteiger partial charge in [0.05, 0.1) is 0 Å². The zero-order valence-electron chi connectivity index (χ0n) is 11.4. The van der Waals surface area contributed by atoms with E-state index in [2.05, 4.69) is 15.6 Å². The molecule has 4 N–H and O–H groups in total. The van der Waals surface area contributed by atoms with E-state index in [0.29, 0.717) is 18.8 Å². The Morgan fingerprint density at radius 1 is 1.20 bits per heavy atom. The maximum absolute atomic E-state index is 11.5. The van der Waals surface area contributed by atoms with Crippen LogP contribution in [-0.2, 0) is 13.1 Å². The Morgan fingerprint density at radius 2 is 1.90 bits per heavy atom. The lowest BCUT2D eigenvalue weighted by Crippen LogP contribution is -2.19. The summed E-state index contributed by atoms with van der Waals surface area (Å²) in [6.45, 7) is 1.23. The summed E-state index contributed by atoms with van der Waals surface area (Å²) in [5.74, 6) is -0.194. The van der Waals surface area contributed by atoms with Gasteiger partial charge in [-0.25, -0.2) is 0 Å². The van der Waals surface area contributed by atoms with Crippen molar-refractivity contribution in [3.8, 4) is 0 Å².